The van der Waals surface area contributed by atoms with E-state index in [-0.39, 0.29) is 18.5 Å². The molecule has 78 valence electrons. The molecule has 14 heavy (non-hydrogen) atoms. The lowest BCUT2D eigenvalue weighted by Gasteiger charge is -2.13. The zero-order valence-corrected chi connectivity index (χ0v) is 8.29. The summed E-state index contributed by atoms with van der Waals surface area (Å²) in [6.45, 7) is 2.11. The molecular formula is C10H14FNO2. The number of hydrogen-bond acceptors (Lipinski definition) is 3. The van der Waals surface area contributed by atoms with Gasteiger partial charge in [0.2, 0.25) is 0 Å². The van der Waals surface area contributed by atoms with Gasteiger partial charge in [-0.3, -0.25) is 0 Å². The minimum absolute atomic E-state index is 0.0889. The van der Waals surface area contributed by atoms with Crippen LogP contribution in [0.15, 0.2) is 18.2 Å². The number of methoxy groups -OCH3 is 1. The summed E-state index contributed by atoms with van der Waals surface area (Å²) in [6.07, 6.45) is -0.0889. The average Bonchev–Trinajstić information content (AvgIpc) is 2.16. The van der Waals surface area contributed by atoms with E-state index in [9.17, 15) is 4.39 Å². The zero-order valence-electron chi connectivity index (χ0n) is 8.29. The van der Waals surface area contributed by atoms with Gasteiger partial charge in [-0.1, -0.05) is 6.07 Å². The molecule has 0 saturated heterocycles. The number of ether oxygens (including phenoxy) is 2. The molecule has 1 aromatic rings. The molecule has 0 spiro atoms. The highest BCUT2D eigenvalue weighted by atomic mass is 19.1. The predicted octanol–water partition coefficient (Wildman–Crippen LogP) is 1.82. The van der Waals surface area contributed by atoms with Crippen LogP contribution in [0.3, 0.4) is 0 Å². The molecule has 2 N–H and O–H groups in total. The number of benzene rings is 1. The maximum Gasteiger partial charge on any atom is 0.177 e. The molecule has 0 heterocycles. The van der Waals surface area contributed by atoms with Crippen molar-refractivity contribution < 1.29 is 13.9 Å². The summed E-state index contributed by atoms with van der Waals surface area (Å²) in [5.74, 6) is -0.357. The molecular weight excluding hydrogens is 185 g/mol. The van der Waals surface area contributed by atoms with E-state index < -0.39 is 5.82 Å². The molecule has 0 saturated carbocycles. The van der Waals surface area contributed by atoms with E-state index in [1.54, 1.807) is 13.2 Å². The van der Waals surface area contributed by atoms with Gasteiger partial charge in [-0.2, -0.15) is 0 Å². The Morgan fingerprint density at radius 2 is 2.21 bits per heavy atom. The van der Waals surface area contributed by atoms with E-state index in [2.05, 4.69) is 0 Å². The summed E-state index contributed by atoms with van der Waals surface area (Å²) in [7, 11) is 1.57. The molecule has 0 aliphatic rings. The van der Waals surface area contributed by atoms with Crippen molar-refractivity contribution >= 4 is 5.69 Å². The van der Waals surface area contributed by atoms with E-state index in [1.807, 2.05) is 6.92 Å². The fourth-order valence-electron chi connectivity index (χ4n) is 0.947. The van der Waals surface area contributed by atoms with E-state index >= 15 is 0 Å². The van der Waals surface area contributed by atoms with E-state index in [0.717, 1.165) is 0 Å². The molecule has 0 aliphatic heterocycles. The van der Waals surface area contributed by atoms with Crippen molar-refractivity contribution in [2.75, 3.05) is 19.5 Å². The quantitative estimate of drug-likeness (QED) is 0.752. The summed E-state index contributed by atoms with van der Waals surface area (Å²) >= 11 is 0. The van der Waals surface area contributed by atoms with Gasteiger partial charge in [0, 0.05) is 7.11 Å². The second kappa shape index (κ2) is 4.81. The maximum atomic E-state index is 13.2. The molecule has 0 aromatic heterocycles. The Kier molecular flexibility index (Phi) is 3.71. The highest BCUT2D eigenvalue weighted by Crippen LogP contribution is 2.24. The van der Waals surface area contributed by atoms with Crippen molar-refractivity contribution in [3.05, 3.63) is 24.0 Å². The van der Waals surface area contributed by atoms with Crippen LogP contribution >= 0.6 is 0 Å². The molecule has 0 bridgehead atoms. The van der Waals surface area contributed by atoms with Gasteiger partial charge < -0.3 is 15.2 Å². The molecule has 0 aliphatic carbocycles. The Bertz CT molecular complexity index is 284. The van der Waals surface area contributed by atoms with Crippen molar-refractivity contribution in [3.63, 3.8) is 0 Å². The number of halogens is 1. The molecule has 3 nitrogen and oxygen atoms in total. The number of para-hydroxylation sites is 1. The lowest BCUT2D eigenvalue weighted by atomic mass is 10.3. The van der Waals surface area contributed by atoms with Crippen LogP contribution in [0.2, 0.25) is 0 Å². The largest absolute Gasteiger partial charge is 0.486 e. The third-order valence-corrected chi connectivity index (χ3v) is 1.86. The molecule has 0 fully saturated rings. The van der Waals surface area contributed by atoms with Crippen molar-refractivity contribution in [1.82, 2.24) is 0 Å². The van der Waals surface area contributed by atoms with Crippen LogP contribution in [-0.4, -0.2) is 19.8 Å². The lowest BCUT2D eigenvalue weighted by Crippen LogP contribution is -2.17. The molecule has 1 aromatic carbocycles. The Labute approximate surface area is 82.6 Å². The van der Waals surface area contributed by atoms with Crippen molar-refractivity contribution in [2.45, 2.75) is 13.0 Å². The van der Waals surface area contributed by atoms with Gasteiger partial charge in [-0.05, 0) is 19.1 Å². The first-order valence-electron chi connectivity index (χ1n) is 4.34. The van der Waals surface area contributed by atoms with Crippen LogP contribution in [0.5, 0.6) is 5.75 Å². The Hall–Kier alpha value is -1.29. The Balaban J connectivity index is 2.66. The maximum absolute atomic E-state index is 13.2. The van der Waals surface area contributed by atoms with Gasteiger partial charge in [-0.25, -0.2) is 4.39 Å². The fraction of sp³-hybridized carbons (Fsp3) is 0.400. The summed E-state index contributed by atoms with van der Waals surface area (Å²) < 4.78 is 23.3. The van der Waals surface area contributed by atoms with Gasteiger partial charge >= 0.3 is 0 Å². The monoisotopic (exact) mass is 199 g/mol. The summed E-state index contributed by atoms with van der Waals surface area (Å²) in [5, 5.41) is 0. The zero-order chi connectivity index (χ0) is 10.6. The number of hydrogen-bond donors (Lipinski definition) is 1. The van der Waals surface area contributed by atoms with Gasteiger partial charge in [0.25, 0.3) is 0 Å². The van der Waals surface area contributed by atoms with Gasteiger partial charge in [0.1, 0.15) is 6.61 Å². The van der Waals surface area contributed by atoms with E-state index in [1.165, 1.54) is 12.1 Å². The standard InChI is InChI=1S/C10H14FNO2/c1-7(13-2)6-14-10-8(11)4-3-5-9(10)12/h3-5,7H,6,12H2,1-2H3. The predicted molar refractivity (Wildman–Crippen MR) is 52.8 cm³/mol. The van der Waals surface area contributed by atoms with E-state index in [0.29, 0.717) is 5.69 Å². The minimum atomic E-state index is -0.451. The first-order chi connectivity index (χ1) is 6.65. The van der Waals surface area contributed by atoms with E-state index in [4.69, 9.17) is 15.2 Å². The molecule has 0 radical (unpaired) electrons. The second-order valence-corrected chi connectivity index (χ2v) is 3.02. The van der Waals surface area contributed by atoms with Gasteiger partial charge in [0.15, 0.2) is 11.6 Å². The number of nitrogen functional groups attached to an aromatic ring is 1. The topological polar surface area (TPSA) is 44.5 Å². The number of anilines is 1. The van der Waals surface area contributed by atoms with Crippen molar-refractivity contribution in [3.8, 4) is 5.75 Å². The first kappa shape index (κ1) is 10.8. The molecule has 1 atom stereocenters. The Morgan fingerprint density at radius 3 is 2.79 bits per heavy atom. The van der Waals surface area contributed by atoms with Crippen LogP contribution in [0.4, 0.5) is 10.1 Å². The van der Waals surface area contributed by atoms with Crippen LogP contribution in [0.25, 0.3) is 0 Å². The second-order valence-electron chi connectivity index (χ2n) is 3.02. The minimum Gasteiger partial charge on any atom is -0.486 e. The summed E-state index contributed by atoms with van der Waals surface area (Å²) in [4.78, 5) is 0. The molecule has 4 heteroatoms. The van der Waals surface area contributed by atoms with Crippen LogP contribution in [0.1, 0.15) is 6.92 Å². The summed E-state index contributed by atoms with van der Waals surface area (Å²) in [6, 6.07) is 4.44. The third kappa shape index (κ3) is 2.60. The highest BCUT2D eigenvalue weighted by Gasteiger charge is 2.08. The number of nitrogens with two attached hydrogens (primary N) is 1. The third-order valence-electron chi connectivity index (χ3n) is 1.86. The van der Waals surface area contributed by atoms with Crippen LogP contribution < -0.4 is 10.5 Å². The normalized spacial score (nSPS) is 12.5. The van der Waals surface area contributed by atoms with Crippen LogP contribution in [0, 0.1) is 5.82 Å². The first-order valence-corrected chi connectivity index (χ1v) is 4.34. The fourth-order valence-corrected chi connectivity index (χ4v) is 0.947. The van der Waals surface area contributed by atoms with Gasteiger partial charge in [0.05, 0.1) is 11.8 Å². The highest BCUT2D eigenvalue weighted by molar-refractivity contribution is 5.52. The Morgan fingerprint density at radius 1 is 1.50 bits per heavy atom. The SMILES string of the molecule is COC(C)COc1c(N)cccc1F. The van der Waals surface area contributed by atoms with Gasteiger partial charge in [-0.15, -0.1) is 0 Å². The molecule has 0 amide bonds. The smallest absolute Gasteiger partial charge is 0.177 e. The van der Waals surface area contributed by atoms with Crippen molar-refractivity contribution in [2.24, 2.45) is 0 Å². The average molecular weight is 199 g/mol. The van der Waals surface area contributed by atoms with Crippen LogP contribution in [-0.2, 0) is 4.74 Å². The van der Waals surface area contributed by atoms with Crippen molar-refractivity contribution in [1.29, 1.82) is 0 Å². The molecule has 1 rings (SSSR count). The lowest BCUT2D eigenvalue weighted by molar-refractivity contribution is 0.0705. The summed E-state index contributed by atoms with van der Waals surface area (Å²) in [5.41, 5.74) is 5.84. The number of rotatable bonds is 4. The molecule has 1 unspecified atom stereocenters.